The van der Waals surface area contributed by atoms with Crippen LogP contribution in [0.3, 0.4) is 0 Å². The molecule has 31 heavy (non-hydrogen) atoms. The van der Waals surface area contributed by atoms with E-state index in [-0.39, 0.29) is 11.5 Å². The molecule has 0 bridgehead atoms. The number of nitrogens with zero attached hydrogens (tertiary/aromatic N) is 2. The minimum absolute atomic E-state index is 0.206. The Labute approximate surface area is 182 Å². The Hall–Kier alpha value is -2.67. The number of hydrogen-bond donors (Lipinski definition) is 1. The molecule has 166 valence electrons. The monoisotopic (exact) mass is 426 g/mol. The first-order chi connectivity index (χ1) is 14.8. The topological polar surface area (TPSA) is 90.7 Å². The van der Waals surface area contributed by atoms with Crippen LogP contribution in [-0.4, -0.2) is 41.0 Å². The van der Waals surface area contributed by atoms with Crippen LogP contribution in [-0.2, 0) is 16.7 Å². The molecular weight excluding hydrogens is 396 g/mol. The van der Waals surface area contributed by atoms with E-state index in [0.717, 1.165) is 42.0 Å². The summed E-state index contributed by atoms with van der Waals surface area (Å²) in [6, 6.07) is 3.52. The molecule has 3 heterocycles. The zero-order chi connectivity index (χ0) is 22.3. The number of aromatic carboxylic acids is 1. The van der Waals surface area contributed by atoms with Crippen molar-refractivity contribution < 1.29 is 19.4 Å². The van der Waals surface area contributed by atoms with Crippen molar-refractivity contribution in [1.82, 2.24) is 9.55 Å². The lowest BCUT2D eigenvalue weighted by atomic mass is 9.78. The highest BCUT2D eigenvalue weighted by Crippen LogP contribution is 2.47. The maximum Gasteiger partial charge on any atom is 0.341 e. The number of carboxylic acids is 1. The van der Waals surface area contributed by atoms with E-state index in [2.05, 4.69) is 26.8 Å². The second-order valence-corrected chi connectivity index (χ2v) is 9.15. The number of aromatic nitrogens is 2. The summed E-state index contributed by atoms with van der Waals surface area (Å²) in [6.07, 6.45) is 5.14. The number of rotatable bonds is 8. The van der Waals surface area contributed by atoms with E-state index in [1.807, 2.05) is 4.57 Å². The van der Waals surface area contributed by atoms with Crippen molar-refractivity contribution in [2.45, 2.75) is 57.9 Å². The highest BCUT2D eigenvalue weighted by molar-refractivity contribution is 5.87. The molecule has 0 radical (unpaired) electrons. The largest absolute Gasteiger partial charge is 0.492 e. The van der Waals surface area contributed by atoms with Gasteiger partial charge in [0.25, 0.3) is 0 Å². The summed E-state index contributed by atoms with van der Waals surface area (Å²) in [4.78, 5) is 29.2. The Balaban J connectivity index is 1.86. The summed E-state index contributed by atoms with van der Waals surface area (Å²) < 4.78 is 13.2. The molecule has 1 aliphatic carbocycles. The van der Waals surface area contributed by atoms with Gasteiger partial charge in [0, 0.05) is 43.9 Å². The van der Waals surface area contributed by atoms with Gasteiger partial charge in [-0.1, -0.05) is 13.8 Å². The summed E-state index contributed by atoms with van der Waals surface area (Å²) in [5.41, 5.74) is 2.32. The minimum Gasteiger partial charge on any atom is -0.492 e. The van der Waals surface area contributed by atoms with Crippen LogP contribution in [0.2, 0.25) is 0 Å². The number of ether oxygens (including phenoxy) is 2. The molecule has 7 nitrogen and oxygen atoms in total. The highest BCUT2D eigenvalue weighted by atomic mass is 16.5. The molecule has 1 unspecified atom stereocenters. The van der Waals surface area contributed by atoms with Gasteiger partial charge in [-0.2, -0.15) is 0 Å². The predicted molar refractivity (Wildman–Crippen MR) is 117 cm³/mol. The highest BCUT2D eigenvalue weighted by Gasteiger charge is 2.40. The lowest BCUT2D eigenvalue weighted by Crippen LogP contribution is -2.43. The summed E-state index contributed by atoms with van der Waals surface area (Å²) in [5, 5.41) is 9.50. The van der Waals surface area contributed by atoms with Crippen LogP contribution >= 0.6 is 0 Å². The lowest BCUT2D eigenvalue weighted by Gasteiger charge is -2.42. The van der Waals surface area contributed by atoms with E-state index >= 15 is 0 Å². The Bertz CT molecular complexity index is 1070. The molecule has 2 aromatic rings. The van der Waals surface area contributed by atoms with E-state index < -0.39 is 16.9 Å². The Morgan fingerprint density at radius 1 is 1.32 bits per heavy atom. The number of carboxylic acid groups (broad SMARTS) is 1. The fourth-order valence-corrected chi connectivity index (χ4v) is 4.31. The van der Waals surface area contributed by atoms with Crippen molar-refractivity contribution >= 4 is 5.97 Å². The molecule has 7 heteroatoms. The van der Waals surface area contributed by atoms with Crippen LogP contribution in [0.4, 0.5) is 0 Å². The van der Waals surface area contributed by atoms with Crippen LogP contribution in [0.25, 0.3) is 11.4 Å². The molecule has 0 aromatic carbocycles. The van der Waals surface area contributed by atoms with Gasteiger partial charge in [0.1, 0.15) is 11.3 Å². The third-order valence-corrected chi connectivity index (χ3v) is 6.68. The second kappa shape index (κ2) is 8.11. The van der Waals surface area contributed by atoms with Gasteiger partial charge in [-0.25, -0.2) is 9.78 Å². The van der Waals surface area contributed by atoms with E-state index in [1.165, 1.54) is 12.3 Å². The third kappa shape index (κ3) is 3.87. The van der Waals surface area contributed by atoms with E-state index in [1.54, 1.807) is 7.11 Å². The smallest absolute Gasteiger partial charge is 0.341 e. The molecule has 4 rings (SSSR count). The van der Waals surface area contributed by atoms with Crippen LogP contribution in [0.1, 0.15) is 67.6 Å². The van der Waals surface area contributed by atoms with Crippen molar-refractivity contribution in [1.29, 1.82) is 0 Å². The molecular formula is C24H30N2O5. The second-order valence-electron chi connectivity index (χ2n) is 9.15. The number of hydrogen-bond acceptors (Lipinski definition) is 5. The number of fused-ring (bicyclic) bond motifs is 3. The Morgan fingerprint density at radius 2 is 2.06 bits per heavy atom. The summed E-state index contributed by atoms with van der Waals surface area (Å²) in [5.74, 6) is 0.197. The van der Waals surface area contributed by atoms with Gasteiger partial charge in [0.15, 0.2) is 5.43 Å². The molecule has 1 N–H and O–H groups in total. The Kier molecular flexibility index (Phi) is 5.64. The predicted octanol–water partition coefficient (Wildman–Crippen LogP) is 3.83. The molecule has 1 saturated carbocycles. The maximum atomic E-state index is 12.6. The van der Waals surface area contributed by atoms with E-state index in [9.17, 15) is 14.7 Å². The van der Waals surface area contributed by atoms with Gasteiger partial charge in [-0.05, 0) is 43.7 Å². The quantitative estimate of drug-likeness (QED) is 0.645. The molecule has 1 aliphatic heterocycles. The van der Waals surface area contributed by atoms with Gasteiger partial charge in [0.05, 0.1) is 23.7 Å². The van der Waals surface area contributed by atoms with Crippen LogP contribution < -0.4 is 10.2 Å². The number of pyridine rings is 2. The molecule has 0 amide bonds. The van der Waals surface area contributed by atoms with Crippen LogP contribution in [0.15, 0.2) is 23.1 Å². The number of methoxy groups -OCH3 is 1. The van der Waals surface area contributed by atoms with Gasteiger partial charge in [-0.15, -0.1) is 0 Å². The zero-order valence-corrected chi connectivity index (χ0v) is 18.6. The van der Waals surface area contributed by atoms with E-state index in [4.69, 9.17) is 14.5 Å². The molecule has 2 aromatic heterocycles. The first-order valence-corrected chi connectivity index (χ1v) is 10.9. The average molecular weight is 427 g/mol. The zero-order valence-electron chi connectivity index (χ0n) is 18.6. The van der Waals surface area contributed by atoms with Crippen LogP contribution in [0.5, 0.6) is 5.75 Å². The molecule has 2 aliphatic rings. The fraction of sp³-hybridized carbons (Fsp3) is 0.542. The van der Waals surface area contributed by atoms with Crippen molar-refractivity contribution in [2.75, 3.05) is 20.3 Å². The lowest BCUT2D eigenvalue weighted by molar-refractivity contribution is 0.0693. The van der Waals surface area contributed by atoms with Gasteiger partial charge < -0.3 is 19.1 Å². The van der Waals surface area contributed by atoms with Gasteiger partial charge in [0.2, 0.25) is 0 Å². The normalized spacial score (nSPS) is 19.8. The van der Waals surface area contributed by atoms with Gasteiger partial charge in [-0.3, -0.25) is 4.79 Å². The SMILES string of the molecule is COCCCOc1cc2c(nc1C1CC1)-c1cc(=O)c(C(=O)O)cn1C(C)(C(C)C)C2. The number of carbonyl (C=O) groups is 1. The first-order valence-electron chi connectivity index (χ1n) is 10.9. The standard InChI is InChI=1S/C24H30N2O5/c1-14(2)24(3)12-16-10-20(31-9-5-8-30-4)22(15-6-7-15)25-21(16)18-11-19(27)17(23(28)29)13-26(18)24/h10-11,13-15H,5-9,12H2,1-4H3,(H,28,29). The van der Waals surface area contributed by atoms with Crippen molar-refractivity contribution in [3.05, 3.63) is 45.4 Å². The summed E-state index contributed by atoms with van der Waals surface area (Å²) >= 11 is 0. The van der Waals surface area contributed by atoms with Crippen molar-refractivity contribution in [3.8, 4) is 17.1 Å². The first kappa shape index (κ1) is 21.6. The summed E-state index contributed by atoms with van der Waals surface area (Å²) in [6.45, 7) is 7.54. The third-order valence-electron chi connectivity index (χ3n) is 6.68. The maximum absolute atomic E-state index is 12.6. The summed E-state index contributed by atoms with van der Waals surface area (Å²) in [7, 11) is 1.68. The van der Waals surface area contributed by atoms with Crippen molar-refractivity contribution in [3.63, 3.8) is 0 Å². The Morgan fingerprint density at radius 3 is 2.68 bits per heavy atom. The van der Waals surface area contributed by atoms with E-state index in [0.29, 0.717) is 31.2 Å². The molecule has 1 atom stereocenters. The van der Waals surface area contributed by atoms with Crippen LogP contribution in [0, 0.1) is 5.92 Å². The molecule has 0 spiro atoms. The molecule has 1 fully saturated rings. The van der Waals surface area contributed by atoms with Crippen molar-refractivity contribution in [2.24, 2.45) is 5.92 Å². The fourth-order valence-electron chi connectivity index (χ4n) is 4.31. The minimum atomic E-state index is -1.20. The molecule has 0 saturated heterocycles. The average Bonchev–Trinajstić information content (AvgIpc) is 3.55. The van der Waals surface area contributed by atoms with Gasteiger partial charge >= 0.3 is 5.97 Å².